The molecule has 18 heavy (non-hydrogen) atoms. The molecule has 0 saturated carbocycles. The molecule has 0 amide bonds. The van der Waals surface area contributed by atoms with Crippen molar-refractivity contribution in [3.8, 4) is 0 Å². The molecule has 2 aromatic heterocycles. The van der Waals surface area contributed by atoms with E-state index in [1.165, 1.54) is 33.5 Å². The Bertz CT molecular complexity index is 524. The molecule has 0 saturated heterocycles. The van der Waals surface area contributed by atoms with Crippen molar-refractivity contribution < 1.29 is 0 Å². The summed E-state index contributed by atoms with van der Waals surface area (Å²) in [6.45, 7) is 3.15. The molecule has 0 bridgehead atoms. The topological polar surface area (TPSA) is 12.0 Å². The van der Waals surface area contributed by atoms with Gasteiger partial charge in [0.25, 0.3) is 0 Å². The smallest absolute Gasteiger partial charge is 0.0334 e. The molecule has 1 atom stereocenters. The van der Waals surface area contributed by atoms with Gasteiger partial charge >= 0.3 is 0 Å². The average Bonchev–Trinajstić information content (AvgIpc) is 2.94. The van der Waals surface area contributed by atoms with Crippen molar-refractivity contribution in [1.82, 2.24) is 5.32 Å². The second-order valence-electron chi connectivity index (χ2n) is 4.74. The first-order valence-electron chi connectivity index (χ1n) is 6.28. The van der Waals surface area contributed by atoms with E-state index >= 15 is 0 Å². The van der Waals surface area contributed by atoms with Gasteiger partial charge in [0, 0.05) is 31.7 Å². The van der Waals surface area contributed by atoms with Gasteiger partial charge in [-0.3, -0.25) is 0 Å². The standard InChI is InChI=1S/C14H16BrNS2/c1-9-12(15)7-10(18-9)8-16-13-3-2-4-14-11(13)5-6-17-14/h5-7,13,16H,2-4,8H2,1H3. The Balaban J connectivity index is 1.68. The van der Waals surface area contributed by atoms with Crippen molar-refractivity contribution in [3.63, 3.8) is 0 Å². The highest BCUT2D eigenvalue weighted by atomic mass is 79.9. The summed E-state index contributed by atoms with van der Waals surface area (Å²) in [6.07, 6.45) is 3.86. The molecule has 0 aliphatic heterocycles. The minimum absolute atomic E-state index is 0.557. The van der Waals surface area contributed by atoms with Crippen LogP contribution in [0.15, 0.2) is 22.0 Å². The molecule has 1 unspecified atom stereocenters. The first-order chi connectivity index (χ1) is 8.74. The Morgan fingerprint density at radius 3 is 3.17 bits per heavy atom. The van der Waals surface area contributed by atoms with Crippen LogP contribution in [0.3, 0.4) is 0 Å². The Morgan fingerprint density at radius 1 is 1.50 bits per heavy atom. The summed E-state index contributed by atoms with van der Waals surface area (Å²) >= 11 is 7.38. The fourth-order valence-corrected chi connectivity index (χ4v) is 5.07. The summed E-state index contributed by atoms with van der Waals surface area (Å²) in [7, 11) is 0. The zero-order valence-electron chi connectivity index (χ0n) is 10.3. The third kappa shape index (κ3) is 2.57. The Morgan fingerprint density at radius 2 is 2.39 bits per heavy atom. The molecule has 4 heteroatoms. The SMILES string of the molecule is Cc1sc(CNC2CCCc3sccc32)cc1Br. The van der Waals surface area contributed by atoms with Crippen LogP contribution in [0.2, 0.25) is 0 Å². The van der Waals surface area contributed by atoms with Crippen LogP contribution in [0.25, 0.3) is 0 Å². The number of fused-ring (bicyclic) bond motifs is 1. The van der Waals surface area contributed by atoms with Crippen molar-refractivity contribution in [3.05, 3.63) is 42.2 Å². The van der Waals surface area contributed by atoms with Crippen LogP contribution in [0.5, 0.6) is 0 Å². The molecule has 2 aromatic rings. The van der Waals surface area contributed by atoms with Gasteiger partial charge in [-0.1, -0.05) is 0 Å². The van der Waals surface area contributed by atoms with Gasteiger partial charge in [0.2, 0.25) is 0 Å². The van der Waals surface area contributed by atoms with E-state index in [0.717, 1.165) is 6.54 Å². The van der Waals surface area contributed by atoms with Gasteiger partial charge in [-0.2, -0.15) is 0 Å². The third-order valence-electron chi connectivity index (χ3n) is 3.48. The minimum atomic E-state index is 0.557. The van der Waals surface area contributed by atoms with Gasteiger partial charge in [-0.15, -0.1) is 22.7 Å². The second kappa shape index (κ2) is 5.45. The summed E-state index contributed by atoms with van der Waals surface area (Å²) in [5.41, 5.74) is 1.54. The highest BCUT2D eigenvalue weighted by molar-refractivity contribution is 9.10. The summed E-state index contributed by atoms with van der Waals surface area (Å²) < 4.78 is 1.24. The van der Waals surface area contributed by atoms with E-state index in [2.05, 4.69) is 45.7 Å². The Labute approximate surface area is 124 Å². The van der Waals surface area contributed by atoms with Crippen LogP contribution in [0, 0.1) is 6.92 Å². The Hall–Kier alpha value is -0.160. The van der Waals surface area contributed by atoms with Crippen molar-refractivity contribution >= 4 is 38.6 Å². The fraction of sp³-hybridized carbons (Fsp3) is 0.429. The van der Waals surface area contributed by atoms with E-state index < -0.39 is 0 Å². The normalized spacial score (nSPS) is 18.9. The number of hydrogen-bond acceptors (Lipinski definition) is 3. The molecule has 0 radical (unpaired) electrons. The predicted octanol–water partition coefficient (Wildman–Crippen LogP) is 5.05. The van der Waals surface area contributed by atoms with E-state index in [4.69, 9.17) is 0 Å². The van der Waals surface area contributed by atoms with Crippen molar-refractivity contribution in [2.24, 2.45) is 0 Å². The number of hydrogen-bond donors (Lipinski definition) is 1. The minimum Gasteiger partial charge on any atom is -0.305 e. The molecule has 1 nitrogen and oxygen atoms in total. The third-order valence-corrected chi connectivity index (χ3v) is 6.62. The van der Waals surface area contributed by atoms with E-state index in [1.807, 2.05) is 22.7 Å². The molecule has 1 N–H and O–H groups in total. The van der Waals surface area contributed by atoms with Gasteiger partial charge in [0.1, 0.15) is 0 Å². The lowest BCUT2D eigenvalue weighted by atomic mass is 9.94. The number of thiophene rings is 2. The number of halogens is 1. The molecule has 1 aliphatic carbocycles. The molecular weight excluding hydrogens is 326 g/mol. The van der Waals surface area contributed by atoms with Crippen LogP contribution in [-0.2, 0) is 13.0 Å². The molecular formula is C14H16BrNS2. The summed E-state index contributed by atoms with van der Waals surface area (Å²) in [6, 6.07) is 5.10. The molecule has 0 aromatic carbocycles. The van der Waals surface area contributed by atoms with Crippen molar-refractivity contribution in [2.75, 3.05) is 0 Å². The molecule has 1 aliphatic rings. The quantitative estimate of drug-likeness (QED) is 0.823. The van der Waals surface area contributed by atoms with E-state index in [1.54, 1.807) is 10.4 Å². The summed E-state index contributed by atoms with van der Waals surface area (Å²) in [4.78, 5) is 4.37. The highest BCUT2D eigenvalue weighted by Crippen LogP contribution is 2.34. The van der Waals surface area contributed by atoms with Crippen LogP contribution < -0.4 is 5.32 Å². The molecule has 3 rings (SSSR count). The van der Waals surface area contributed by atoms with Crippen LogP contribution in [0.1, 0.15) is 39.1 Å². The van der Waals surface area contributed by atoms with Gasteiger partial charge in [0.05, 0.1) is 0 Å². The summed E-state index contributed by atoms with van der Waals surface area (Å²) in [5, 5.41) is 5.95. The molecule has 2 heterocycles. The van der Waals surface area contributed by atoms with E-state index in [-0.39, 0.29) is 0 Å². The van der Waals surface area contributed by atoms with Crippen molar-refractivity contribution in [2.45, 2.75) is 38.8 Å². The molecule has 0 fully saturated rings. The van der Waals surface area contributed by atoms with Crippen LogP contribution in [0.4, 0.5) is 0 Å². The monoisotopic (exact) mass is 341 g/mol. The lowest BCUT2D eigenvalue weighted by Crippen LogP contribution is -2.23. The molecule has 96 valence electrons. The maximum absolute atomic E-state index is 3.72. The van der Waals surface area contributed by atoms with E-state index in [9.17, 15) is 0 Å². The zero-order valence-corrected chi connectivity index (χ0v) is 13.6. The first kappa shape index (κ1) is 12.9. The van der Waals surface area contributed by atoms with Gasteiger partial charge < -0.3 is 5.32 Å². The lowest BCUT2D eigenvalue weighted by molar-refractivity contribution is 0.465. The van der Waals surface area contributed by atoms with Gasteiger partial charge in [0.15, 0.2) is 0 Å². The van der Waals surface area contributed by atoms with Crippen LogP contribution >= 0.6 is 38.6 Å². The first-order valence-corrected chi connectivity index (χ1v) is 8.77. The lowest BCUT2D eigenvalue weighted by Gasteiger charge is -2.23. The summed E-state index contributed by atoms with van der Waals surface area (Å²) in [5.74, 6) is 0. The maximum atomic E-state index is 3.72. The largest absolute Gasteiger partial charge is 0.305 e. The molecule has 0 spiro atoms. The van der Waals surface area contributed by atoms with Crippen LogP contribution in [-0.4, -0.2) is 0 Å². The van der Waals surface area contributed by atoms with E-state index in [0.29, 0.717) is 6.04 Å². The maximum Gasteiger partial charge on any atom is 0.0334 e. The van der Waals surface area contributed by atoms with Crippen molar-refractivity contribution in [1.29, 1.82) is 0 Å². The highest BCUT2D eigenvalue weighted by Gasteiger charge is 2.20. The van der Waals surface area contributed by atoms with Gasteiger partial charge in [-0.05, 0) is 65.2 Å². The number of aryl methyl sites for hydroxylation is 2. The van der Waals surface area contributed by atoms with Gasteiger partial charge in [-0.25, -0.2) is 0 Å². The predicted molar refractivity (Wildman–Crippen MR) is 83.6 cm³/mol. The zero-order chi connectivity index (χ0) is 12.5. The average molecular weight is 342 g/mol. The Kier molecular flexibility index (Phi) is 3.89. The fourth-order valence-electron chi connectivity index (χ4n) is 2.53. The number of rotatable bonds is 3. The number of nitrogens with one attached hydrogen (secondary N) is 1. The second-order valence-corrected chi connectivity index (χ2v) is 7.94.